The first-order chi connectivity index (χ1) is 9.31. The van der Waals surface area contributed by atoms with Crippen molar-refractivity contribution < 1.29 is 4.74 Å². The van der Waals surface area contributed by atoms with E-state index in [4.69, 9.17) is 4.74 Å². The molecule has 0 amide bonds. The highest BCUT2D eigenvalue weighted by atomic mass is 16.5. The molecule has 1 aromatic rings. The molecule has 0 bridgehead atoms. The fourth-order valence-electron chi connectivity index (χ4n) is 2.69. The molecule has 1 aliphatic heterocycles. The van der Waals surface area contributed by atoms with Gasteiger partial charge in [0.15, 0.2) is 0 Å². The molecule has 1 heterocycles. The minimum atomic E-state index is 0.485. The number of likely N-dealkylation sites (tertiary alicyclic amines) is 1. The molecule has 19 heavy (non-hydrogen) atoms. The van der Waals surface area contributed by atoms with Crippen molar-refractivity contribution in [1.29, 1.82) is 0 Å². The van der Waals surface area contributed by atoms with Gasteiger partial charge in [-0.05, 0) is 37.9 Å². The molecular formula is C16H26N2O. The monoisotopic (exact) mass is 262 g/mol. The zero-order valence-electron chi connectivity index (χ0n) is 12.2. The highest BCUT2D eigenvalue weighted by Crippen LogP contribution is 2.16. The zero-order valence-corrected chi connectivity index (χ0v) is 12.2. The van der Waals surface area contributed by atoms with Crippen LogP contribution >= 0.6 is 0 Å². The molecule has 3 nitrogen and oxygen atoms in total. The SMILES string of the molecule is CCOC1CCN(Cc2ccc(CNC)cc2)CC1. The lowest BCUT2D eigenvalue weighted by Crippen LogP contribution is -2.36. The van der Waals surface area contributed by atoms with Crippen LogP contribution in [0.4, 0.5) is 0 Å². The molecule has 0 spiro atoms. The van der Waals surface area contributed by atoms with Crippen molar-refractivity contribution in [3.8, 4) is 0 Å². The van der Waals surface area contributed by atoms with Crippen LogP contribution in [-0.2, 0) is 17.8 Å². The van der Waals surface area contributed by atoms with Crippen molar-refractivity contribution >= 4 is 0 Å². The Labute approximate surface area is 116 Å². The molecule has 0 atom stereocenters. The molecular weight excluding hydrogens is 236 g/mol. The van der Waals surface area contributed by atoms with Gasteiger partial charge in [0.25, 0.3) is 0 Å². The van der Waals surface area contributed by atoms with Gasteiger partial charge in [0.1, 0.15) is 0 Å². The maximum absolute atomic E-state index is 5.69. The molecule has 106 valence electrons. The van der Waals surface area contributed by atoms with E-state index in [0.29, 0.717) is 6.10 Å². The predicted molar refractivity (Wildman–Crippen MR) is 79.1 cm³/mol. The fraction of sp³-hybridized carbons (Fsp3) is 0.625. The Bertz CT molecular complexity index is 356. The summed E-state index contributed by atoms with van der Waals surface area (Å²) in [6.07, 6.45) is 2.83. The Morgan fingerprint density at radius 2 is 1.79 bits per heavy atom. The van der Waals surface area contributed by atoms with Crippen molar-refractivity contribution in [3.63, 3.8) is 0 Å². The molecule has 1 aliphatic rings. The largest absolute Gasteiger partial charge is 0.378 e. The van der Waals surface area contributed by atoms with Gasteiger partial charge in [0.05, 0.1) is 6.10 Å². The number of rotatable bonds is 6. The van der Waals surface area contributed by atoms with Crippen LogP contribution in [0.15, 0.2) is 24.3 Å². The van der Waals surface area contributed by atoms with E-state index in [1.807, 2.05) is 7.05 Å². The first-order valence-corrected chi connectivity index (χ1v) is 7.38. The molecule has 1 aromatic carbocycles. The average Bonchev–Trinajstić information content (AvgIpc) is 2.44. The lowest BCUT2D eigenvalue weighted by molar-refractivity contribution is 0.0125. The molecule has 0 aliphatic carbocycles. The summed E-state index contributed by atoms with van der Waals surface area (Å²) >= 11 is 0. The first kappa shape index (κ1) is 14.5. The quantitative estimate of drug-likeness (QED) is 0.852. The van der Waals surface area contributed by atoms with E-state index in [1.165, 1.54) is 24.0 Å². The van der Waals surface area contributed by atoms with Crippen LogP contribution in [0, 0.1) is 0 Å². The summed E-state index contributed by atoms with van der Waals surface area (Å²) in [7, 11) is 1.98. The third-order valence-corrected chi connectivity index (χ3v) is 3.75. The highest BCUT2D eigenvalue weighted by molar-refractivity contribution is 5.22. The molecule has 1 saturated heterocycles. The highest BCUT2D eigenvalue weighted by Gasteiger charge is 2.18. The molecule has 0 aromatic heterocycles. The van der Waals surface area contributed by atoms with Crippen molar-refractivity contribution in [2.24, 2.45) is 0 Å². The van der Waals surface area contributed by atoms with E-state index in [-0.39, 0.29) is 0 Å². The number of nitrogens with one attached hydrogen (secondary N) is 1. The minimum absolute atomic E-state index is 0.485. The van der Waals surface area contributed by atoms with Gasteiger partial charge in [-0.2, -0.15) is 0 Å². The van der Waals surface area contributed by atoms with Crippen LogP contribution in [0.25, 0.3) is 0 Å². The average molecular weight is 262 g/mol. The van der Waals surface area contributed by atoms with Crippen LogP contribution in [0.3, 0.4) is 0 Å². The Morgan fingerprint density at radius 3 is 2.37 bits per heavy atom. The van der Waals surface area contributed by atoms with Crippen LogP contribution in [0.1, 0.15) is 30.9 Å². The van der Waals surface area contributed by atoms with Gasteiger partial charge in [-0.25, -0.2) is 0 Å². The van der Waals surface area contributed by atoms with E-state index in [2.05, 4.69) is 41.4 Å². The summed E-state index contributed by atoms with van der Waals surface area (Å²) in [6, 6.07) is 8.94. The summed E-state index contributed by atoms with van der Waals surface area (Å²) in [5, 5.41) is 3.18. The third kappa shape index (κ3) is 4.60. The van der Waals surface area contributed by atoms with Crippen molar-refractivity contribution in [1.82, 2.24) is 10.2 Å². The second-order valence-corrected chi connectivity index (χ2v) is 5.28. The van der Waals surface area contributed by atoms with Crippen LogP contribution in [0.2, 0.25) is 0 Å². The maximum Gasteiger partial charge on any atom is 0.0599 e. The van der Waals surface area contributed by atoms with Gasteiger partial charge >= 0.3 is 0 Å². The van der Waals surface area contributed by atoms with Gasteiger partial charge in [0, 0.05) is 32.8 Å². The van der Waals surface area contributed by atoms with E-state index >= 15 is 0 Å². The van der Waals surface area contributed by atoms with Crippen LogP contribution < -0.4 is 5.32 Å². The Hall–Kier alpha value is -0.900. The van der Waals surface area contributed by atoms with Crippen molar-refractivity contribution in [2.75, 3.05) is 26.7 Å². The standard InChI is InChI=1S/C16H26N2O/c1-3-19-16-8-10-18(11-9-16)13-15-6-4-14(5-7-15)12-17-2/h4-7,16-17H,3,8-13H2,1-2H3. The molecule has 3 heteroatoms. The summed E-state index contributed by atoms with van der Waals surface area (Å²) in [4.78, 5) is 2.53. The molecule has 0 radical (unpaired) electrons. The maximum atomic E-state index is 5.69. The topological polar surface area (TPSA) is 24.5 Å². The number of nitrogens with zero attached hydrogens (tertiary/aromatic N) is 1. The van der Waals surface area contributed by atoms with E-state index in [9.17, 15) is 0 Å². The number of hydrogen-bond acceptors (Lipinski definition) is 3. The van der Waals surface area contributed by atoms with Gasteiger partial charge in [-0.15, -0.1) is 0 Å². The zero-order chi connectivity index (χ0) is 13.5. The Kier molecular flexibility index (Phi) is 5.83. The normalized spacial score (nSPS) is 17.8. The summed E-state index contributed by atoms with van der Waals surface area (Å²) in [6.45, 7) is 7.25. The third-order valence-electron chi connectivity index (χ3n) is 3.75. The molecule has 0 unspecified atom stereocenters. The smallest absolute Gasteiger partial charge is 0.0599 e. The molecule has 0 saturated carbocycles. The number of hydrogen-bond donors (Lipinski definition) is 1. The Morgan fingerprint density at radius 1 is 1.16 bits per heavy atom. The second kappa shape index (κ2) is 7.63. The van der Waals surface area contributed by atoms with E-state index in [1.54, 1.807) is 0 Å². The summed E-state index contributed by atoms with van der Waals surface area (Å²) < 4.78 is 5.69. The number of ether oxygens (including phenoxy) is 1. The molecule has 1 N–H and O–H groups in total. The Balaban J connectivity index is 1.78. The minimum Gasteiger partial charge on any atom is -0.378 e. The van der Waals surface area contributed by atoms with Gasteiger partial charge < -0.3 is 10.1 Å². The lowest BCUT2D eigenvalue weighted by atomic mass is 10.1. The molecule has 1 fully saturated rings. The lowest BCUT2D eigenvalue weighted by Gasteiger charge is -2.31. The van der Waals surface area contributed by atoms with Crippen LogP contribution in [0.5, 0.6) is 0 Å². The molecule has 2 rings (SSSR count). The summed E-state index contributed by atoms with van der Waals surface area (Å²) in [5.74, 6) is 0. The number of piperidine rings is 1. The summed E-state index contributed by atoms with van der Waals surface area (Å²) in [5.41, 5.74) is 2.76. The van der Waals surface area contributed by atoms with Crippen LogP contribution in [-0.4, -0.2) is 37.7 Å². The van der Waals surface area contributed by atoms with Gasteiger partial charge in [-0.3, -0.25) is 4.90 Å². The van der Waals surface area contributed by atoms with Gasteiger partial charge in [-0.1, -0.05) is 24.3 Å². The second-order valence-electron chi connectivity index (χ2n) is 5.28. The van der Waals surface area contributed by atoms with Crippen molar-refractivity contribution in [2.45, 2.75) is 39.0 Å². The fourth-order valence-corrected chi connectivity index (χ4v) is 2.69. The van der Waals surface area contributed by atoms with E-state index < -0.39 is 0 Å². The van der Waals surface area contributed by atoms with Gasteiger partial charge in [0.2, 0.25) is 0 Å². The number of benzene rings is 1. The first-order valence-electron chi connectivity index (χ1n) is 7.38. The predicted octanol–water partition coefficient (Wildman–Crippen LogP) is 2.41. The van der Waals surface area contributed by atoms with E-state index in [0.717, 1.165) is 32.8 Å². The van der Waals surface area contributed by atoms with Crippen molar-refractivity contribution in [3.05, 3.63) is 35.4 Å².